The number of nitrogens with zero attached hydrogens (tertiary/aromatic N) is 2. The number of amides is 3. The van der Waals surface area contributed by atoms with E-state index in [1.54, 1.807) is 20.8 Å². The lowest BCUT2D eigenvalue weighted by atomic mass is 9.90. The highest BCUT2D eigenvalue weighted by molar-refractivity contribution is 9.09. The summed E-state index contributed by atoms with van der Waals surface area (Å²) in [5.74, 6) is -0.441. The molecule has 23 heavy (non-hydrogen) atoms. The molecule has 1 aliphatic carbocycles. The molecule has 7 nitrogen and oxygen atoms in total. The molecule has 8 heteroatoms. The van der Waals surface area contributed by atoms with Gasteiger partial charge in [-0.25, -0.2) is 14.5 Å². The second kappa shape index (κ2) is 6.67. The van der Waals surface area contributed by atoms with Crippen LogP contribution in [-0.4, -0.2) is 64.1 Å². The van der Waals surface area contributed by atoms with Gasteiger partial charge in [0.25, 0.3) is 5.91 Å². The number of carbonyl (C=O) groups excluding carboxylic acids is 3. The van der Waals surface area contributed by atoms with Crippen LogP contribution in [0.4, 0.5) is 9.59 Å². The Kier molecular flexibility index (Phi) is 5.23. The number of ether oxygens (including phenoxy) is 2. The number of hydrogen-bond acceptors (Lipinski definition) is 5. The first-order valence-electron chi connectivity index (χ1n) is 7.69. The summed E-state index contributed by atoms with van der Waals surface area (Å²) >= 11 is 3.58. The Labute approximate surface area is 144 Å². The van der Waals surface area contributed by atoms with E-state index < -0.39 is 23.7 Å². The van der Waals surface area contributed by atoms with Crippen molar-refractivity contribution < 1.29 is 23.9 Å². The van der Waals surface area contributed by atoms with Crippen molar-refractivity contribution in [2.24, 2.45) is 0 Å². The Morgan fingerprint density at radius 1 is 1.17 bits per heavy atom. The highest BCUT2D eigenvalue weighted by atomic mass is 79.9. The summed E-state index contributed by atoms with van der Waals surface area (Å²) in [5.41, 5.74) is -0.693. The summed E-state index contributed by atoms with van der Waals surface area (Å²) in [4.78, 5) is 39.5. The van der Waals surface area contributed by atoms with Crippen LogP contribution < -0.4 is 0 Å². The molecule has 0 aromatic carbocycles. The molecule has 1 heterocycles. The van der Waals surface area contributed by atoms with Gasteiger partial charge in [-0.1, -0.05) is 15.9 Å². The third-order valence-corrected chi connectivity index (χ3v) is 5.26. The maximum atomic E-state index is 12.6. The largest absolute Gasteiger partial charge is 0.453 e. The van der Waals surface area contributed by atoms with Crippen molar-refractivity contribution in [3.8, 4) is 0 Å². The van der Waals surface area contributed by atoms with Crippen molar-refractivity contribution in [2.45, 2.75) is 62.5 Å². The highest BCUT2D eigenvalue weighted by Gasteiger charge is 2.48. The number of halogens is 1. The van der Waals surface area contributed by atoms with Gasteiger partial charge in [0.1, 0.15) is 12.1 Å². The van der Waals surface area contributed by atoms with Crippen LogP contribution in [0.2, 0.25) is 0 Å². The molecular weight excluding hydrogens is 368 g/mol. The number of carbonyl (C=O) groups is 3. The minimum absolute atomic E-state index is 0.183. The van der Waals surface area contributed by atoms with Crippen molar-refractivity contribution in [1.82, 2.24) is 9.80 Å². The molecule has 2 aliphatic rings. The van der Waals surface area contributed by atoms with Gasteiger partial charge in [0, 0.05) is 0 Å². The van der Waals surface area contributed by atoms with Crippen molar-refractivity contribution in [1.29, 1.82) is 0 Å². The Bertz CT molecular complexity index is 505. The zero-order chi connectivity index (χ0) is 17.4. The van der Waals surface area contributed by atoms with Crippen LogP contribution in [0.25, 0.3) is 0 Å². The van der Waals surface area contributed by atoms with E-state index in [0.717, 1.165) is 12.8 Å². The fraction of sp³-hybridized carbons (Fsp3) is 0.800. The molecule has 3 atom stereocenters. The maximum Gasteiger partial charge on any atom is 0.417 e. The average molecular weight is 391 g/mol. The predicted octanol–water partition coefficient (Wildman–Crippen LogP) is 2.52. The van der Waals surface area contributed by atoms with Crippen LogP contribution in [0, 0.1) is 0 Å². The number of fused-ring (bicyclic) bond motifs is 2. The Balaban J connectivity index is 2.32. The lowest BCUT2D eigenvalue weighted by Gasteiger charge is -2.39. The van der Waals surface area contributed by atoms with E-state index in [1.807, 2.05) is 0 Å². The fourth-order valence-corrected chi connectivity index (χ4v) is 4.15. The van der Waals surface area contributed by atoms with Crippen LogP contribution in [0.15, 0.2) is 0 Å². The predicted molar refractivity (Wildman–Crippen MR) is 86.3 cm³/mol. The molecule has 3 amide bonds. The summed E-state index contributed by atoms with van der Waals surface area (Å²) in [6.07, 6.45) is 1.05. The van der Waals surface area contributed by atoms with Crippen molar-refractivity contribution in [3.05, 3.63) is 0 Å². The molecule has 1 saturated heterocycles. The summed E-state index contributed by atoms with van der Waals surface area (Å²) in [5, 5.41) is 0. The minimum atomic E-state index is -0.693. The Morgan fingerprint density at radius 2 is 1.78 bits per heavy atom. The van der Waals surface area contributed by atoms with Gasteiger partial charge in [-0.2, -0.15) is 0 Å². The third kappa shape index (κ3) is 3.79. The number of hydrogen-bond donors (Lipinski definition) is 0. The smallest absolute Gasteiger partial charge is 0.417 e. The van der Waals surface area contributed by atoms with Crippen LogP contribution in [0.5, 0.6) is 0 Å². The van der Waals surface area contributed by atoms with Gasteiger partial charge in [-0.3, -0.25) is 9.69 Å². The summed E-state index contributed by atoms with van der Waals surface area (Å²) < 4.78 is 10.2. The van der Waals surface area contributed by atoms with Gasteiger partial charge in [0.2, 0.25) is 0 Å². The van der Waals surface area contributed by atoms with Crippen molar-refractivity contribution in [2.75, 3.05) is 13.7 Å². The van der Waals surface area contributed by atoms with E-state index in [9.17, 15) is 14.4 Å². The lowest BCUT2D eigenvalue weighted by Crippen LogP contribution is -2.53. The van der Waals surface area contributed by atoms with E-state index in [0.29, 0.717) is 6.42 Å². The molecule has 1 aliphatic heterocycles. The van der Waals surface area contributed by atoms with E-state index in [1.165, 1.54) is 16.9 Å². The molecule has 0 unspecified atom stereocenters. The molecule has 2 fully saturated rings. The molecule has 0 radical (unpaired) electrons. The van der Waals surface area contributed by atoms with Crippen LogP contribution in [0.3, 0.4) is 0 Å². The molecule has 0 spiro atoms. The first-order chi connectivity index (χ1) is 10.7. The van der Waals surface area contributed by atoms with Crippen LogP contribution >= 0.6 is 15.9 Å². The van der Waals surface area contributed by atoms with Gasteiger partial charge in [0.15, 0.2) is 0 Å². The number of alkyl halides is 1. The molecule has 1 saturated carbocycles. The van der Waals surface area contributed by atoms with Crippen LogP contribution in [-0.2, 0) is 14.3 Å². The lowest BCUT2D eigenvalue weighted by molar-refractivity contribution is -0.132. The Morgan fingerprint density at radius 3 is 2.35 bits per heavy atom. The third-order valence-electron chi connectivity index (χ3n) is 4.04. The summed E-state index contributed by atoms with van der Waals surface area (Å²) in [6, 6.07) is -0.511. The van der Waals surface area contributed by atoms with Gasteiger partial charge in [-0.15, -0.1) is 0 Å². The summed E-state index contributed by atoms with van der Waals surface area (Å²) in [6.45, 7) is 5.07. The zero-order valence-corrected chi connectivity index (χ0v) is 15.5. The average Bonchev–Trinajstić information content (AvgIpc) is 2.50. The van der Waals surface area contributed by atoms with E-state index >= 15 is 0 Å². The fourth-order valence-electron chi connectivity index (χ4n) is 3.10. The van der Waals surface area contributed by atoms with Crippen molar-refractivity contribution in [3.63, 3.8) is 0 Å². The minimum Gasteiger partial charge on any atom is -0.453 e. The molecule has 2 rings (SSSR count). The van der Waals surface area contributed by atoms with Crippen molar-refractivity contribution >= 4 is 34.0 Å². The monoisotopic (exact) mass is 390 g/mol. The first-order valence-corrected chi connectivity index (χ1v) is 8.61. The maximum absolute atomic E-state index is 12.6. The number of imide groups is 1. The Hall–Kier alpha value is -1.31. The van der Waals surface area contributed by atoms with Gasteiger partial charge in [-0.05, 0) is 40.0 Å². The summed E-state index contributed by atoms with van der Waals surface area (Å²) in [7, 11) is 1.28. The van der Waals surface area contributed by atoms with E-state index in [-0.39, 0.29) is 23.5 Å². The van der Waals surface area contributed by atoms with Crippen LogP contribution in [0.1, 0.15) is 40.0 Å². The second-order valence-corrected chi connectivity index (χ2v) is 7.91. The molecular formula is C15H23BrN2O5. The first kappa shape index (κ1) is 18.0. The van der Waals surface area contributed by atoms with E-state index in [2.05, 4.69) is 15.9 Å². The molecule has 2 bridgehead atoms. The molecule has 0 N–H and O–H groups in total. The zero-order valence-electron chi connectivity index (χ0n) is 13.9. The quantitative estimate of drug-likeness (QED) is 0.593. The second-order valence-electron chi connectivity index (χ2n) is 6.85. The SMILES string of the molecule is COC(=O)N1CC(=O)N(C(=O)OC(C)(C)C)[C@@H]2CCC[C@H]1[C@@H]2Br. The topological polar surface area (TPSA) is 76.2 Å². The normalized spacial score (nSPS) is 28.2. The standard InChI is InChI=1S/C15H23BrN2O5/c1-15(2,3)23-14(21)18-10-7-5-6-9(12(10)16)17(8-11(18)19)13(20)22-4/h9-10,12H,5-8H2,1-4H3/t9-,10+,12-/m0/s1. The molecule has 0 aromatic heterocycles. The van der Waals surface area contributed by atoms with Gasteiger partial charge in [0.05, 0.1) is 24.0 Å². The van der Waals surface area contributed by atoms with E-state index in [4.69, 9.17) is 9.47 Å². The van der Waals surface area contributed by atoms with Gasteiger partial charge < -0.3 is 9.47 Å². The number of rotatable bonds is 0. The van der Waals surface area contributed by atoms with Gasteiger partial charge >= 0.3 is 12.2 Å². The molecule has 130 valence electrons. The highest BCUT2D eigenvalue weighted by Crippen LogP contribution is 2.35. The number of methoxy groups -OCH3 is 1. The molecule has 0 aromatic rings.